The standard InChI is InChI=1S/C10H9N5O/c1-2-15-13-10(12-14-15)8-4-3-5-9(6-8)11-7-16/h3-6H,2H2,1H3. The van der Waals surface area contributed by atoms with E-state index < -0.39 is 0 Å². The Labute approximate surface area is 91.6 Å². The smallest absolute Gasteiger partial charge is 0.211 e. The van der Waals surface area contributed by atoms with Crippen LogP contribution >= 0.6 is 0 Å². The highest BCUT2D eigenvalue weighted by molar-refractivity contribution is 5.61. The molecule has 2 aromatic rings. The highest BCUT2D eigenvalue weighted by atomic mass is 16.1. The minimum Gasteiger partial charge on any atom is -0.211 e. The average molecular weight is 215 g/mol. The lowest BCUT2D eigenvalue weighted by molar-refractivity contribution is 0.553. The summed E-state index contributed by atoms with van der Waals surface area (Å²) in [6.45, 7) is 2.59. The quantitative estimate of drug-likeness (QED) is 0.571. The first kappa shape index (κ1) is 10.2. The molecular weight excluding hydrogens is 206 g/mol. The van der Waals surface area contributed by atoms with Gasteiger partial charge in [0.1, 0.15) is 0 Å². The molecule has 6 nitrogen and oxygen atoms in total. The van der Waals surface area contributed by atoms with Crippen LogP contribution in [0.3, 0.4) is 0 Å². The van der Waals surface area contributed by atoms with Crippen LogP contribution in [0.4, 0.5) is 5.69 Å². The van der Waals surface area contributed by atoms with Crippen molar-refractivity contribution in [1.29, 1.82) is 0 Å². The lowest BCUT2D eigenvalue weighted by Gasteiger charge is -1.94. The molecule has 0 bridgehead atoms. The van der Waals surface area contributed by atoms with Crippen molar-refractivity contribution in [1.82, 2.24) is 20.2 Å². The number of tetrazole rings is 1. The van der Waals surface area contributed by atoms with E-state index in [9.17, 15) is 4.79 Å². The second kappa shape index (κ2) is 4.46. The number of hydrogen-bond acceptors (Lipinski definition) is 5. The van der Waals surface area contributed by atoms with Crippen molar-refractivity contribution in [2.24, 2.45) is 4.99 Å². The molecule has 0 aliphatic heterocycles. The van der Waals surface area contributed by atoms with Crippen LogP contribution in [0.5, 0.6) is 0 Å². The molecule has 0 amide bonds. The van der Waals surface area contributed by atoms with Gasteiger partial charge in [0.05, 0.1) is 12.2 Å². The molecule has 0 aliphatic carbocycles. The van der Waals surface area contributed by atoms with Crippen LogP contribution in [0, 0.1) is 0 Å². The summed E-state index contributed by atoms with van der Waals surface area (Å²) < 4.78 is 0. The molecule has 0 saturated carbocycles. The number of aromatic nitrogens is 4. The first-order chi connectivity index (χ1) is 7.83. The maximum absolute atomic E-state index is 10.1. The van der Waals surface area contributed by atoms with Crippen molar-refractivity contribution < 1.29 is 4.79 Å². The molecule has 0 saturated heterocycles. The Morgan fingerprint density at radius 1 is 1.50 bits per heavy atom. The van der Waals surface area contributed by atoms with Gasteiger partial charge in [0.15, 0.2) is 0 Å². The predicted molar refractivity (Wildman–Crippen MR) is 56.7 cm³/mol. The number of aryl methyl sites for hydroxylation is 1. The fraction of sp³-hybridized carbons (Fsp3) is 0.200. The van der Waals surface area contributed by atoms with Gasteiger partial charge in [0.25, 0.3) is 0 Å². The largest absolute Gasteiger partial charge is 0.240 e. The lowest BCUT2D eigenvalue weighted by atomic mass is 10.2. The molecule has 0 atom stereocenters. The van der Waals surface area contributed by atoms with Gasteiger partial charge >= 0.3 is 0 Å². The van der Waals surface area contributed by atoms with Gasteiger partial charge in [0.2, 0.25) is 11.9 Å². The van der Waals surface area contributed by atoms with E-state index in [0.717, 1.165) is 5.56 Å². The van der Waals surface area contributed by atoms with E-state index in [2.05, 4.69) is 20.4 Å². The third-order valence-electron chi connectivity index (χ3n) is 2.01. The Morgan fingerprint density at radius 3 is 3.06 bits per heavy atom. The third-order valence-corrected chi connectivity index (χ3v) is 2.01. The second-order valence-electron chi connectivity index (χ2n) is 3.05. The molecule has 0 radical (unpaired) electrons. The Morgan fingerprint density at radius 2 is 2.38 bits per heavy atom. The van der Waals surface area contributed by atoms with Crippen LogP contribution < -0.4 is 0 Å². The van der Waals surface area contributed by atoms with Gasteiger partial charge in [-0.2, -0.15) is 9.79 Å². The van der Waals surface area contributed by atoms with Gasteiger partial charge in [-0.15, -0.1) is 10.2 Å². The number of benzene rings is 1. The van der Waals surface area contributed by atoms with E-state index >= 15 is 0 Å². The summed E-state index contributed by atoms with van der Waals surface area (Å²) in [7, 11) is 0. The van der Waals surface area contributed by atoms with Crippen molar-refractivity contribution >= 4 is 11.8 Å². The summed E-state index contributed by atoms with van der Waals surface area (Å²) in [5, 5.41) is 11.9. The summed E-state index contributed by atoms with van der Waals surface area (Å²) in [6, 6.07) is 7.03. The number of hydrogen-bond donors (Lipinski definition) is 0. The molecule has 0 aliphatic rings. The first-order valence-electron chi connectivity index (χ1n) is 4.79. The maximum Gasteiger partial charge on any atom is 0.240 e. The Hall–Kier alpha value is -2.33. The molecule has 1 aromatic heterocycles. The zero-order chi connectivity index (χ0) is 11.4. The second-order valence-corrected chi connectivity index (χ2v) is 3.05. The molecule has 0 spiro atoms. The zero-order valence-corrected chi connectivity index (χ0v) is 8.66. The van der Waals surface area contributed by atoms with Crippen LogP contribution in [-0.4, -0.2) is 26.3 Å². The molecule has 80 valence electrons. The SMILES string of the molecule is CCn1nnc(-c2cccc(N=C=O)c2)n1. The van der Waals surface area contributed by atoms with Crippen molar-refractivity contribution in [3.05, 3.63) is 24.3 Å². The monoisotopic (exact) mass is 215 g/mol. The van der Waals surface area contributed by atoms with Gasteiger partial charge in [-0.25, -0.2) is 4.79 Å². The van der Waals surface area contributed by atoms with Gasteiger partial charge in [0, 0.05) is 5.56 Å². The zero-order valence-electron chi connectivity index (χ0n) is 8.66. The molecule has 6 heteroatoms. The summed E-state index contributed by atoms with van der Waals surface area (Å²) in [4.78, 5) is 15.2. The van der Waals surface area contributed by atoms with E-state index in [4.69, 9.17) is 0 Å². The number of aliphatic imine (C=N–C) groups is 1. The molecule has 0 unspecified atom stereocenters. The van der Waals surface area contributed by atoms with Crippen molar-refractivity contribution in [3.8, 4) is 11.4 Å². The molecule has 1 aromatic carbocycles. The summed E-state index contributed by atoms with van der Waals surface area (Å²) >= 11 is 0. The Bertz CT molecular complexity index is 542. The van der Waals surface area contributed by atoms with E-state index in [-0.39, 0.29) is 0 Å². The molecular formula is C10H9N5O. The van der Waals surface area contributed by atoms with Crippen molar-refractivity contribution in [3.63, 3.8) is 0 Å². The van der Waals surface area contributed by atoms with Crippen LogP contribution in [0.2, 0.25) is 0 Å². The van der Waals surface area contributed by atoms with Crippen LogP contribution in [-0.2, 0) is 11.3 Å². The normalized spacial score (nSPS) is 9.81. The molecule has 1 heterocycles. The van der Waals surface area contributed by atoms with Crippen LogP contribution in [0.1, 0.15) is 6.92 Å². The minimum atomic E-state index is 0.518. The van der Waals surface area contributed by atoms with Gasteiger partial charge < -0.3 is 0 Å². The molecule has 16 heavy (non-hydrogen) atoms. The van der Waals surface area contributed by atoms with E-state index in [0.29, 0.717) is 18.1 Å². The number of carbonyl (C=O) groups excluding carboxylic acids is 1. The highest BCUT2D eigenvalue weighted by Crippen LogP contribution is 2.20. The van der Waals surface area contributed by atoms with Gasteiger partial charge in [-0.3, -0.25) is 0 Å². The molecule has 2 rings (SSSR count). The predicted octanol–water partition coefficient (Wildman–Crippen LogP) is 1.33. The van der Waals surface area contributed by atoms with Crippen LogP contribution in [0.15, 0.2) is 29.3 Å². The van der Waals surface area contributed by atoms with Gasteiger partial charge in [-0.05, 0) is 24.3 Å². The lowest BCUT2D eigenvalue weighted by Crippen LogP contribution is -1.98. The molecule has 0 N–H and O–H groups in total. The summed E-state index contributed by atoms with van der Waals surface area (Å²) in [6.07, 6.45) is 1.49. The van der Waals surface area contributed by atoms with Crippen LogP contribution in [0.25, 0.3) is 11.4 Å². The Kier molecular flexibility index (Phi) is 2.84. The topological polar surface area (TPSA) is 73.0 Å². The fourth-order valence-electron chi connectivity index (χ4n) is 1.26. The third kappa shape index (κ3) is 2.02. The van der Waals surface area contributed by atoms with E-state index in [1.165, 1.54) is 10.9 Å². The van der Waals surface area contributed by atoms with Crippen molar-refractivity contribution in [2.45, 2.75) is 13.5 Å². The number of isocyanates is 1. The fourth-order valence-corrected chi connectivity index (χ4v) is 1.26. The van der Waals surface area contributed by atoms with E-state index in [1.807, 2.05) is 13.0 Å². The number of nitrogens with zero attached hydrogens (tertiary/aromatic N) is 5. The van der Waals surface area contributed by atoms with Crippen molar-refractivity contribution in [2.75, 3.05) is 0 Å². The maximum atomic E-state index is 10.1. The summed E-state index contributed by atoms with van der Waals surface area (Å²) in [5.41, 5.74) is 1.30. The van der Waals surface area contributed by atoms with E-state index in [1.54, 1.807) is 18.2 Å². The minimum absolute atomic E-state index is 0.518. The Balaban J connectivity index is 2.39. The number of rotatable bonds is 3. The molecule has 0 fully saturated rings. The first-order valence-corrected chi connectivity index (χ1v) is 4.79. The average Bonchev–Trinajstić information content (AvgIpc) is 2.78. The summed E-state index contributed by atoms with van der Waals surface area (Å²) in [5.74, 6) is 0.518. The highest BCUT2D eigenvalue weighted by Gasteiger charge is 2.05. The van der Waals surface area contributed by atoms with Gasteiger partial charge in [-0.1, -0.05) is 12.1 Å².